The first kappa shape index (κ1) is 23.6. The van der Waals surface area contributed by atoms with Crippen molar-refractivity contribution in [2.75, 3.05) is 13.7 Å². The quantitative estimate of drug-likeness (QED) is 0.553. The molecule has 0 unspecified atom stereocenters. The molecule has 6 nitrogen and oxygen atoms in total. The Labute approximate surface area is 183 Å². The summed E-state index contributed by atoms with van der Waals surface area (Å²) in [6.45, 7) is 5.10. The van der Waals surface area contributed by atoms with Crippen LogP contribution in [0.5, 0.6) is 0 Å². The zero-order valence-electron chi connectivity index (χ0n) is 18.1. The van der Waals surface area contributed by atoms with Crippen molar-refractivity contribution in [1.82, 2.24) is 5.32 Å². The van der Waals surface area contributed by atoms with Crippen molar-refractivity contribution >= 4 is 17.7 Å². The first-order valence-corrected chi connectivity index (χ1v) is 10.2. The van der Waals surface area contributed by atoms with Crippen LogP contribution in [0.25, 0.3) is 0 Å². The van der Waals surface area contributed by atoms with Crippen LogP contribution in [0.3, 0.4) is 0 Å². The molecular weight excluding hydrogens is 427 g/mol. The van der Waals surface area contributed by atoms with Gasteiger partial charge in [0.15, 0.2) is 5.78 Å². The number of Topliss-reactive ketones (excluding diaryl/α,β-unsaturated/α-hetero) is 1. The fraction of sp³-hybridized carbons (Fsp3) is 0.435. The number of allylic oxidation sites excluding steroid dienone is 3. The molecule has 0 radical (unpaired) electrons. The van der Waals surface area contributed by atoms with Gasteiger partial charge >= 0.3 is 18.1 Å². The zero-order valence-corrected chi connectivity index (χ0v) is 18.1. The molecule has 0 bridgehead atoms. The van der Waals surface area contributed by atoms with Crippen molar-refractivity contribution in [3.8, 4) is 0 Å². The van der Waals surface area contributed by atoms with E-state index in [4.69, 9.17) is 9.47 Å². The van der Waals surface area contributed by atoms with Gasteiger partial charge in [-0.2, -0.15) is 13.2 Å². The molecule has 0 fully saturated rings. The van der Waals surface area contributed by atoms with Crippen LogP contribution in [0.1, 0.15) is 44.2 Å². The smallest absolute Gasteiger partial charge is 0.416 e. The minimum absolute atomic E-state index is 0.0804. The maximum Gasteiger partial charge on any atom is 0.416 e. The number of halogens is 3. The molecule has 1 aliphatic heterocycles. The standard InChI is InChI=1S/C23H24F3NO5/c1-5-32-22(30)17-12(3)27-15-10-11(2)16(21(29)31-4)20(28)19(15)18(17)13-6-8-14(9-7-13)23(24,25)26/h6-9,11,16,18,27H,5,10H2,1-4H3/t11-,16-,18-/m0/s1. The van der Waals surface area contributed by atoms with Crippen LogP contribution in [0, 0.1) is 11.8 Å². The number of methoxy groups -OCH3 is 1. The van der Waals surface area contributed by atoms with Gasteiger partial charge in [-0.1, -0.05) is 19.1 Å². The van der Waals surface area contributed by atoms with Crippen molar-refractivity contribution in [3.63, 3.8) is 0 Å². The molecule has 0 aromatic heterocycles. The number of nitrogens with one attached hydrogen (secondary N) is 1. The molecule has 0 saturated heterocycles. The molecule has 1 aromatic rings. The van der Waals surface area contributed by atoms with E-state index >= 15 is 0 Å². The Balaban J connectivity index is 2.18. The van der Waals surface area contributed by atoms with E-state index in [1.54, 1.807) is 20.8 Å². The molecule has 0 amide bonds. The van der Waals surface area contributed by atoms with E-state index in [0.29, 0.717) is 23.4 Å². The van der Waals surface area contributed by atoms with Gasteiger partial charge in [-0.25, -0.2) is 4.79 Å². The van der Waals surface area contributed by atoms with Crippen LogP contribution in [-0.4, -0.2) is 31.4 Å². The summed E-state index contributed by atoms with van der Waals surface area (Å²) in [7, 11) is 1.19. The summed E-state index contributed by atoms with van der Waals surface area (Å²) in [5.74, 6) is -4.29. The van der Waals surface area contributed by atoms with E-state index in [-0.39, 0.29) is 23.7 Å². The number of benzene rings is 1. The summed E-state index contributed by atoms with van der Waals surface area (Å²) in [4.78, 5) is 38.6. The first-order chi connectivity index (χ1) is 15.0. The molecule has 2 aliphatic rings. The summed E-state index contributed by atoms with van der Waals surface area (Å²) < 4.78 is 49.2. The third kappa shape index (κ3) is 4.16. The molecule has 32 heavy (non-hydrogen) atoms. The highest BCUT2D eigenvalue weighted by atomic mass is 19.4. The van der Waals surface area contributed by atoms with Crippen LogP contribution < -0.4 is 5.32 Å². The highest BCUT2D eigenvalue weighted by molar-refractivity contribution is 6.12. The molecule has 1 aromatic carbocycles. The molecule has 0 saturated carbocycles. The maximum atomic E-state index is 13.5. The third-order valence-corrected chi connectivity index (χ3v) is 5.81. The van der Waals surface area contributed by atoms with Gasteiger partial charge in [0, 0.05) is 22.9 Å². The number of esters is 2. The average Bonchev–Trinajstić information content (AvgIpc) is 2.72. The fourth-order valence-electron chi connectivity index (χ4n) is 4.36. The van der Waals surface area contributed by atoms with E-state index in [1.807, 2.05) is 0 Å². The molecule has 9 heteroatoms. The number of ether oxygens (including phenoxy) is 2. The Morgan fingerprint density at radius 1 is 1.19 bits per heavy atom. The van der Waals surface area contributed by atoms with Gasteiger partial charge in [-0.15, -0.1) is 0 Å². The minimum Gasteiger partial charge on any atom is -0.468 e. The highest BCUT2D eigenvalue weighted by Gasteiger charge is 2.47. The molecule has 172 valence electrons. The van der Waals surface area contributed by atoms with Crippen molar-refractivity contribution in [2.24, 2.45) is 11.8 Å². The number of hydrogen-bond donors (Lipinski definition) is 1. The molecule has 0 spiro atoms. The average molecular weight is 451 g/mol. The van der Waals surface area contributed by atoms with E-state index in [9.17, 15) is 27.6 Å². The normalized spacial score (nSPS) is 23.5. The lowest BCUT2D eigenvalue weighted by molar-refractivity contribution is -0.151. The van der Waals surface area contributed by atoms with E-state index in [0.717, 1.165) is 12.1 Å². The van der Waals surface area contributed by atoms with Gasteiger partial charge < -0.3 is 14.8 Å². The number of ketones is 1. The summed E-state index contributed by atoms with van der Waals surface area (Å²) >= 11 is 0. The molecule has 1 N–H and O–H groups in total. The fourth-order valence-corrected chi connectivity index (χ4v) is 4.36. The van der Waals surface area contributed by atoms with Crippen LogP contribution in [-0.2, 0) is 30.0 Å². The Kier molecular flexibility index (Phi) is 6.48. The molecule has 3 atom stereocenters. The SMILES string of the molecule is CCOC(=O)C1=C(C)NC2=C(C(=O)[C@@H](C(=O)OC)[C@@H](C)C2)[C@H]1c1ccc(C(F)(F)F)cc1. The van der Waals surface area contributed by atoms with Crippen molar-refractivity contribution in [2.45, 2.75) is 39.3 Å². The van der Waals surface area contributed by atoms with E-state index in [1.165, 1.54) is 19.2 Å². The first-order valence-electron chi connectivity index (χ1n) is 10.2. The van der Waals surface area contributed by atoms with Crippen molar-refractivity contribution in [1.29, 1.82) is 0 Å². The van der Waals surface area contributed by atoms with Gasteiger partial charge in [0.1, 0.15) is 5.92 Å². The summed E-state index contributed by atoms with van der Waals surface area (Å²) in [6.07, 6.45) is -4.19. The number of rotatable bonds is 4. The molecule has 1 aliphatic carbocycles. The second-order valence-electron chi connectivity index (χ2n) is 7.88. The highest BCUT2D eigenvalue weighted by Crippen LogP contribution is 2.45. The topological polar surface area (TPSA) is 81.7 Å². The number of dihydropyridines is 1. The molecule has 3 rings (SSSR count). The monoisotopic (exact) mass is 451 g/mol. The Hall–Kier alpha value is -3.10. The number of alkyl halides is 3. The lowest BCUT2D eigenvalue weighted by Gasteiger charge is -2.38. The molecular formula is C23H24F3NO5. The van der Waals surface area contributed by atoms with Gasteiger partial charge in [0.25, 0.3) is 0 Å². The predicted molar refractivity (Wildman–Crippen MR) is 108 cm³/mol. The largest absolute Gasteiger partial charge is 0.468 e. The van der Waals surface area contributed by atoms with Crippen molar-refractivity contribution in [3.05, 3.63) is 57.9 Å². The number of hydrogen-bond acceptors (Lipinski definition) is 6. The maximum absolute atomic E-state index is 13.5. The summed E-state index contributed by atoms with van der Waals surface area (Å²) in [5.41, 5.74) is 0.755. The van der Waals surface area contributed by atoms with Crippen LogP contribution in [0.2, 0.25) is 0 Å². The second kappa shape index (κ2) is 8.80. The van der Waals surface area contributed by atoms with E-state index < -0.39 is 41.3 Å². The second-order valence-corrected chi connectivity index (χ2v) is 7.88. The van der Waals surface area contributed by atoms with Gasteiger partial charge in [0.2, 0.25) is 0 Å². The van der Waals surface area contributed by atoms with Gasteiger partial charge in [0.05, 0.1) is 24.9 Å². The minimum atomic E-state index is -4.53. The Morgan fingerprint density at radius 3 is 2.34 bits per heavy atom. The van der Waals surface area contributed by atoms with Gasteiger partial charge in [-0.05, 0) is 43.9 Å². The molecule has 1 heterocycles. The predicted octanol–water partition coefficient (Wildman–Crippen LogP) is 3.88. The Bertz CT molecular complexity index is 1010. The van der Waals surface area contributed by atoms with Gasteiger partial charge in [-0.3, -0.25) is 9.59 Å². The van der Waals surface area contributed by atoms with Crippen LogP contribution in [0.4, 0.5) is 13.2 Å². The van der Waals surface area contributed by atoms with Crippen LogP contribution >= 0.6 is 0 Å². The third-order valence-electron chi connectivity index (χ3n) is 5.81. The lowest BCUT2D eigenvalue weighted by Crippen LogP contribution is -2.43. The zero-order chi connectivity index (χ0) is 23.8. The van der Waals surface area contributed by atoms with Crippen molar-refractivity contribution < 1.29 is 37.0 Å². The van der Waals surface area contributed by atoms with E-state index in [2.05, 4.69) is 5.32 Å². The number of carbonyl (C=O) groups excluding carboxylic acids is 3. The lowest BCUT2D eigenvalue weighted by atomic mass is 9.69. The summed E-state index contributed by atoms with van der Waals surface area (Å²) in [5, 5.41) is 3.09. The van der Waals surface area contributed by atoms with Crippen LogP contribution in [0.15, 0.2) is 46.8 Å². The number of carbonyl (C=O) groups is 3. The summed E-state index contributed by atoms with van der Waals surface area (Å²) in [6, 6.07) is 4.30. The Morgan fingerprint density at radius 2 is 1.81 bits per heavy atom.